The Bertz CT molecular complexity index is 1540. The number of nitrogens with zero attached hydrogens (tertiary/aromatic N) is 1. The fourth-order valence-corrected chi connectivity index (χ4v) is 6.25. The third-order valence-corrected chi connectivity index (χ3v) is 8.64. The second kappa shape index (κ2) is 13.6. The van der Waals surface area contributed by atoms with Crippen LogP contribution >= 0.6 is 11.8 Å². The molecule has 3 aromatic carbocycles. The van der Waals surface area contributed by atoms with Crippen LogP contribution in [-0.4, -0.2) is 48.0 Å². The minimum Gasteiger partial charge on any atom is -0.398 e. The van der Waals surface area contributed by atoms with Crippen molar-refractivity contribution in [3.8, 4) is 16.8 Å². The van der Waals surface area contributed by atoms with Crippen molar-refractivity contribution < 1.29 is 13.9 Å². The number of hydrogen-bond acceptors (Lipinski definition) is 5. The molecule has 5 rings (SSSR count). The molecule has 1 aliphatic carbocycles. The summed E-state index contributed by atoms with van der Waals surface area (Å²) in [5.74, 6) is 0.521. The maximum atomic E-state index is 13.9. The first-order valence-corrected chi connectivity index (χ1v) is 15.5. The number of nitrogens with two attached hydrogens (primary N) is 1. The average molecular weight is 589 g/mol. The quantitative estimate of drug-likeness (QED) is 0.0956. The van der Waals surface area contributed by atoms with Crippen molar-refractivity contribution in [2.45, 2.75) is 51.2 Å². The molecule has 4 N–H and O–H groups in total. The first kappa shape index (κ1) is 31.3. The minimum absolute atomic E-state index is 0.0866. The summed E-state index contributed by atoms with van der Waals surface area (Å²) >= 11 is 1.92. The van der Waals surface area contributed by atoms with Gasteiger partial charge in [-0.1, -0.05) is 39.8 Å². The van der Waals surface area contributed by atoms with Crippen LogP contribution in [0.2, 0.25) is 0 Å². The Kier molecular flexibility index (Phi) is 10.1. The lowest BCUT2D eigenvalue weighted by Gasteiger charge is -2.28. The molecule has 1 heterocycles. The van der Waals surface area contributed by atoms with Crippen LogP contribution in [0.5, 0.6) is 0 Å². The van der Waals surface area contributed by atoms with Crippen molar-refractivity contribution in [2.24, 2.45) is 0 Å². The molecule has 6 nitrogen and oxygen atoms in total. The lowest BCUT2D eigenvalue weighted by Crippen LogP contribution is -2.27. The second-order valence-electron chi connectivity index (χ2n) is 10.9. The van der Waals surface area contributed by atoms with Crippen molar-refractivity contribution in [3.63, 3.8) is 0 Å². The van der Waals surface area contributed by atoms with Crippen molar-refractivity contribution in [1.29, 1.82) is 5.41 Å². The Balaban J connectivity index is 0.00000198. The third-order valence-electron chi connectivity index (χ3n) is 7.26. The summed E-state index contributed by atoms with van der Waals surface area (Å²) in [6.45, 7) is 9.30. The molecule has 1 amide bonds. The van der Waals surface area contributed by atoms with E-state index in [1.807, 2.05) is 62.0 Å². The van der Waals surface area contributed by atoms with Gasteiger partial charge in [0.15, 0.2) is 0 Å². The van der Waals surface area contributed by atoms with E-state index >= 15 is 0 Å². The van der Waals surface area contributed by atoms with Gasteiger partial charge >= 0.3 is 0 Å². The fraction of sp³-hybridized carbons (Fsp3) is 0.353. The zero-order valence-electron chi connectivity index (χ0n) is 25.1. The van der Waals surface area contributed by atoms with Crippen LogP contribution in [0.3, 0.4) is 0 Å². The van der Waals surface area contributed by atoms with Crippen molar-refractivity contribution >= 4 is 40.5 Å². The van der Waals surface area contributed by atoms with Gasteiger partial charge in [0.1, 0.15) is 5.82 Å². The molecule has 1 saturated carbocycles. The van der Waals surface area contributed by atoms with Gasteiger partial charge in [0.25, 0.3) is 5.91 Å². The first-order valence-electron chi connectivity index (χ1n) is 14.5. The first-order chi connectivity index (χ1) is 20.2. The predicted octanol–water partition coefficient (Wildman–Crippen LogP) is 7.59. The van der Waals surface area contributed by atoms with Crippen LogP contribution in [0.1, 0.15) is 62.2 Å². The zero-order chi connectivity index (χ0) is 30.4. The lowest BCUT2D eigenvalue weighted by molar-refractivity contribution is 0.0956. The number of nitrogen functional groups attached to an aromatic ring is 1. The molecule has 0 radical (unpaired) electrons. The maximum absolute atomic E-state index is 13.9. The SMILES string of the molecule is CC.COCC(C)(C)c1c(-c2ccc(C(=O)NCCSC3CC3)cc2)c2cc(N)c(C=N)cc2n1-c1ccc(F)cc1. The summed E-state index contributed by atoms with van der Waals surface area (Å²) in [7, 11) is 1.67. The largest absolute Gasteiger partial charge is 0.398 e. The highest BCUT2D eigenvalue weighted by molar-refractivity contribution is 8.00. The smallest absolute Gasteiger partial charge is 0.251 e. The van der Waals surface area contributed by atoms with Crippen molar-refractivity contribution in [2.75, 3.05) is 31.7 Å². The van der Waals surface area contributed by atoms with Gasteiger partial charge in [0, 0.05) is 75.4 Å². The van der Waals surface area contributed by atoms with E-state index in [-0.39, 0.29) is 11.7 Å². The van der Waals surface area contributed by atoms with Gasteiger partial charge in [-0.2, -0.15) is 11.8 Å². The van der Waals surface area contributed by atoms with E-state index in [9.17, 15) is 9.18 Å². The lowest BCUT2D eigenvalue weighted by atomic mass is 9.84. The van der Waals surface area contributed by atoms with Crippen LogP contribution < -0.4 is 11.1 Å². The van der Waals surface area contributed by atoms with E-state index in [0.29, 0.717) is 30.0 Å². The topological polar surface area (TPSA) is 93.1 Å². The van der Waals surface area contributed by atoms with E-state index in [4.69, 9.17) is 15.9 Å². The number of amides is 1. The Labute approximate surface area is 252 Å². The number of carbonyl (C=O) groups excluding carboxylic acids is 1. The van der Waals surface area contributed by atoms with Crippen LogP contribution in [0.25, 0.3) is 27.7 Å². The summed E-state index contributed by atoms with van der Waals surface area (Å²) in [6.07, 6.45) is 3.82. The molecule has 0 spiro atoms. The van der Waals surface area contributed by atoms with E-state index < -0.39 is 5.41 Å². The molecule has 0 aliphatic heterocycles. The maximum Gasteiger partial charge on any atom is 0.251 e. The van der Waals surface area contributed by atoms with Gasteiger partial charge in [-0.15, -0.1) is 0 Å². The summed E-state index contributed by atoms with van der Waals surface area (Å²) in [4.78, 5) is 12.8. The van der Waals surface area contributed by atoms with Crippen LogP contribution in [0.15, 0.2) is 60.7 Å². The fourth-order valence-electron chi connectivity index (χ4n) is 5.23. The summed E-state index contributed by atoms with van der Waals surface area (Å²) in [6, 6.07) is 17.8. The van der Waals surface area contributed by atoms with Gasteiger partial charge in [0.2, 0.25) is 0 Å². The number of benzene rings is 3. The van der Waals surface area contributed by atoms with Gasteiger partial charge in [-0.25, -0.2) is 4.39 Å². The number of nitrogens with one attached hydrogen (secondary N) is 2. The monoisotopic (exact) mass is 588 g/mol. The molecule has 0 saturated heterocycles. The highest BCUT2D eigenvalue weighted by Crippen LogP contribution is 2.44. The number of halogens is 1. The van der Waals surface area contributed by atoms with Gasteiger partial charge < -0.3 is 25.8 Å². The molecule has 4 aromatic rings. The summed E-state index contributed by atoms with van der Waals surface area (Å²) < 4.78 is 21.7. The van der Waals surface area contributed by atoms with Crippen molar-refractivity contribution in [3.05, 3.63) is 83.3 Å². The number of methoxy groups -OCH3 is 1. The molecule has 0 atom stereocenters. The molecule has 1 aliphatic rings. The Morgan fingerprint density at radius 1 is 1.14 bits per heavy atom. The molecule has 42 heavy (non-hydrogen) atoms. The molecular formula is C34H41FN4O2S. The van der Waals surface area contributed by atoms with E-state index in [2.05, 4.69) is 23.7 Å². The van der Waals surface area contributed by atoms with E-state index in [0.717, 1.165) is 44.4 Å². The Hall–Kier alpha value is -3.62. The highest BCUT2D eigenvalue weighted by atomic mass is 32.2. The van der Waals surface area contributed by atoms with Crippen molar-refractivity contribution in [1.82, 2.24) is 9.88 Å². The molecular weight excluding hydrogens is 547 g/mol. The number of ether oxygens (including phenoxy) is 1. The average Bonchev–Trinajstić information content (AvgIpc) is 3.76. The van der Waals surface area contributed by atoms with Crippen LogP contribution in [-0.2, 0) is 10.2 Å². The second-order valence-corrected chi connectivity index (χ2v) is 12.3. The number of fused-ring (bicyclic) bond motifs is 1. The normalized spacial score (nSPS) is 13.0. The van der Waals surface area contributed by atoms with E-state index in [1.165, 1.54) is 31.2 Å². The van der Waals surface area contributed by atoms with Gasteiger partial charge in [-0.05, 0) is 66.9 Å². The summed E-state index contributed by atoms with van der Waals surface area (Å²) in [5, 5.41) is 12.6. The van der Waals surface area contributed by atoms with Gasteiger partial charge in [-0.3, -0.25) is 4.79 Å². The number of hydrogen-bond donors (Lipinski definition) is 3. The number of carbonyl (C=O) groups is 1. The molecule has 0 unspecified atom stereocenters. The molecule has 1 fully saturated rings. The Morgan fingerprint density at radius 3 is 2.40 bits per heavy atom. The number of thioether (sulfide) groups is 1. The molecule has 222 valence electrons. The number of aromatic nitrogens is 1. The zero-order valence-corrected chi connectivity index (χ0v) is 25.9. The summed E-state index contributed by atoms with van der Waals surface area (Å²) in [5.41, 5.74) is 12.1. The predicted molar refractivity (Wildman–Crippen MR) is 175 cm³/mol. The third kappa shape index (κ3) is 6.71. The molecule has 8 heteroatoms. The standard InChI is InChI=1S/C32H35FN4O2S.C2H6/c1-32(2,19-39-3)30-29(20-4-6-21(7-5-20)31(38)36-14-15-40-25-12-13-25)26-17-27(35)22(18-34)16-28(26)37(30)24-10-8-23(33)9-11-24;1-2/h4-11,16-18,25,34H,12-15,19,35H2,1-3H3,(H,36,38);1-2H3. The molecule has 0 bridgehead atoms. The van der Waals surface area contributed by atoms with Gasteiger partial charge in [0.05, 0.1) is 12.1 Å². The van der Waals surface area contributed by atoms with Crippen LogP contribution in [0, 0.1) is 11.2 Å². The minimum atomic E-state index is -0.466. The van der Waals surface area contributed by atoms with E-state index in [1.54, 1.807) is 19.2 Å². The molecule has 1 aromatic heterocycles. The Morgan fingerprint density at radius 2 is 1.81 bits per heavy atom. The highest BCUT2D eigenvalue weighted by Gasteiger charge is 2.32. The number of anilines is 1. The van der Waals surface area contributed by atoms with Crippen LogP contribution in [0.4, 0.5) is 10.1 Å². The number of rotatable bonds is 11.